The van der Waals surface area contributed by atoms with Crippen molar-refractivity contribution < 1.29 is 0 Å². The summed E-state index contributed by atoms with van der Waals surface area (Å²) < 4.78 is 3.74. The Balaban J connectivity index is 2.83. The minimum absolute atomic E-state index is 0.360. The highest BCUT2D eigenvalue weighted by Gasteiger charge is 1.80. The van der Waals surface area contributed by atoms with E-state index in [0.29, 0.717) is 0 Å². The van der Waals surface area contributed by atoms with Crippen molar-refractivity contribution >= 4 is 15.7 Å². The second-order valence-corrected chi connectivity index (χ2v) is 3.32. The predicted octanol–water partition coefficient (Wildman–Crippen LogP) is 0.938. The monoisotopic (exact) mass is 86.0 g/mol. The van der Waals surface area contributed by atoms with Crippen LogP contribution in [0.3, 0.4) is 0 Å². The molecule has 0 bridgehead atoms. The molecular formula is C3H8NSi. The molecule has 0 aliphatic carbocycles. The molecule has 0 aliphatic rings. The maximum Gasteiger partial charge on any atom is 0.189 e. The maximum atomic E-state index is 3.74. The molecule has 1 radical (unpaired) electrons. The highest BCUT2D eigenvalue weighted by Crippen LogP contribution is 1.72. The van der Waals surface area contributed by atoms with Crippen molar-refractivity contribution in [1.82, 2.24) is 0 Å². The predicted molar refractivity (Wildman–Crippen MR) is 27.0 cm³/mol. The molecule has 0 N–H and O–H groups in total. The molecule has 0 aromatic carbocycles. The normalized spacial score (nSPS) is 8.60. The molecule has 29 valence electrons. The zero-order chi connectivity index (χ0) is 4.28. The van der Waals surface area contributed by atoms with E-state index in [1.54, 1.807) is 0 Å². The molecule has 0 aliphatic heterocycles. The average molecular weight is 86.2 g/mol. The third-order valence-electron chi connectivity index (χ3n) is 0.316. The Hall–Kier alpha value is -0.113. The van der Waals surface area contributed by atoms with Gasteiger partial charge in [-0.3, -0.25) is 0 Å². The number of nitrogens with zero attached hydrogens (tertiary/aromatic N) is 1. The van der Waals surface area contributed by atoms with Gasteiger partial charge < -0.3 is 4.66 Å². The fraction of sp³-hybridized carbons (Fsp3) is 0.667. The van der Waals surface area contributed by atoms with E-state index in [2.05, 4.69) is 24.5 Å². The van der Waals surface area contributed by atoms with Crippen LogP contribution in [0.2, 0.25) is 13.1 Å². The summed E-state index contributed by atoms with van der Waals surface area (Å²) in [6, 6.07) is 0. The molecule has 1 nitrogen and oxygen atoms in total. The summed E-state index contributed by atoms with van der Waals surface area (Å²) in [5.41, 5.74) is 0. The number of hydrogen-bond acceptors (Lipinski definition) is 1. The molecule has 0 fully saturated rings. The lowest BCUT2D eigenvalue weighted by molar-refractivity contribution is 1.75. The Morgan fingerprint density at radius 3 is 1.80 bits per heavy atom. The van der Waals surface area contributed by atoms with E-state index in [4.69, 9.17) is 0 Å². The van der Waals surface area contributed by atoms with Crippen LogP contribution in [0.4, 0.5) is 0 Å². The molecule has 0 heterocycles. The molecule has 0 spiro atoms. The quantitative estimate of drug-likeness (QED) is 0.332. The van der Waals surface area contributed by atoms with Gasteiger partial charge in [-0.1, -0.05) is 13.1 Å². The van der Waals surface area contributed by atoms with E-state index in [9.17, 15) is 0 Å². The Kier molecular flexibility index (Phi) is 2.10. The maximum absolute atomic E-state index is 3.74. The van der Waals surface area contributed by atoms with E-state index in [0.717, 1.165) is 0 Å². The fourth-order valence-corrected chi connectivity index (χ4v) is 0. The first-order valence-electron chi connectivity index (χ1n) is 1.54. The van der Waals surface area contributed by atoms with E-state index in [1.165, 1.54) is 0 Å². The molecule has 5 heavy (non-hydrogen) atoms. The average Bonchev–Trinajstić information content (AvgIpc) is 1.38. The SMILES string of the molecule is C=N[Si](C)C. The second-order valence-electron chi connectivity index (χ2n) is 1.11. The van der Waals surface area contributed by atoms with Gasteiger partial charge in [-0.25, -0.2) is 0 Å². The van der Waals surface area contributed by atoms with Gasteiger partial charge in [-0.15, -0.1) is 0 Å². The van der Waals surface area contributed by atoms with Crippen molar-refractivity contribution in [3.05, 3.63) is 0 Å². The van der Waals surface area contributed by atoms with Crippen LogP contribution in [0, 0.1) is 0 Å². The first kappa shape index (κ1) is 4.89. The lowest BCUT2D eigenvalue weighted by Gasteiger charge is -1.80. The number of hydrogen-bond donors (Lipinski definition) is 0. The van der Waals surface area contributed by atoms with Gasteiger partial charge in [0.15, 0.2) is 8.96 Å². The van der Waals surface area contributed by atoms with Gasteiger partial charge in [0.2, 0.25) is 0 Å². The van der Waals surface area contributed by atoms with Gasteiger partial charge in [-0.05, 0) is 6.72 Å². The van der Waals surface area contributed by atoms with Crippen molar-refractivity contribution in [2.24, 2.45) is 4.66 Å². The first-order chi connectivity index (χ1) is 2.27. The van der Waals surface area contributed by atoms with Crippen LogP contribution in [0.5, 0.6) is 0 Å². The number of rotatable bonds is 1. The summed E-state index contributed by atoms with van der Waals surface area (Å²) in [5, 5.41) is 0. The lowest BCUT2D eigenvalue weighted by atomic mass is 11.8. The van der Waals surface area contributed by atoms with Gasteiger partial charge >= 0.3 is 0 Å². The van der Waals surface area contributed by atoms with Crippen LogP contribution in [0.15, 0.2) is 4.66 Å². The Morgan fingerprint density at radius 2 is 1.80 bits per heavy atom. The standard InChI is InChI=1S/C3H8NSi/c1-4-5(2)3/h1H2,2-3H3. The van der Waals surface area contributed by atoms with Gasteiger partial charge in [0.1, 0.15) is 0 Å². The van der Waals surface area contributed by atoms with E-state index < -0.39 is 0 Å². The Bertz CT molecular complexity index is 33.9. The molecule has 0 saturated carbocycles. The Labute approximate surface area is 34.4 Å². The van der Waals surface area contributed by atoms with Crippen LogP contribution in [0.1, 0.15) is 0 Å². The summed E-state index contributed by atoms with van der Waals surface area (Å²) in [7, 11) is -0.360. The molecule has 0 rings (SSSR count). The van der Waals surface area contributed by atoms with Crippen molar-refractivity contribution in [3.8, 4) is 0 Å². The van der Waals surface area contributed by atoms with Crippen molar-refractivity contribution in [2.45, 2.75) is 13.1 Å². The van der Waals surface area contributed by atoms with Crippen LogP contribution in [-0.4, -0.2) is 15.7 Å². The van der Waals surface area contributed by atoms with Crippen molar-refractivity contribution in [3.63, 3.8) is 0 Å². The summed E-state index contributed by atoms with van der Waals surface area (Å²) >= 11 is 0. The molecule has 0 atom stereocenters. The van der Waals surface area contributed by atoms with Crippen LogP contribution >= 0.6 is 0 Å². The zero-order valence-electron chi connectivity index (χ0n) is 3.65. The van der Waals surface area contributed by atoms with Gasteiger partial charge in [0.25, 0.3) is 0 Å². The van der Waals surface area contributed by atoms with Gasteiger partial charge in [0.05, 0.1) is 0 Å². The third kappa shape index (κ3) is 3.89. The minimum Gasteiger partial charge on any atom is -0.338 e. The molecule has 0 saturated heterocycles. The van der Waals surface area contributed by atoms with E-state index in [1.807, 2.05) is 0 Å². The van der Waals surface area contributed by atoms with Gasteiger partial charge in [0, 0.05) is 0 Å². The van der Waals surface area contributed by atoms with E-state index >= 15 is 0 Å². The van der Waals surface area contributed by atoms with Crippen molar-refractivity contribution in [2.75, 3.05) is 0 Å². The molecule has 0 aromatic rings. The largest absolute Gasteiger partial charge is 0.338 e. The molecular weight excluding hydrogens is 78.1 g/mol. The summed E-state index contributed by atoms with van der Waals surface area (Å²) in [6.45, 7) is 7.55. The molecule has 0 aromatic heterocycles. The van der Waals surface area contributed by atoms with E-state index in [-0.39, 0.29) is 8.96 Å². The molecule has 0 amide bonds. The van der Waals surface area contributed by atoms with Crippen molar-refractivity contribution in [1.29, 1.82) is 0 Å². The van der Waals surface area contributed by atoms with Crippen LogP contribution < -0.4 is 0 Å². The van der Waals surface area contributed by atoms with Crippen LogP contribution in [-0.2, 0) is 0 Å². The summed E-state index contributed by atoms with van der Waals surface area (Å²) in [6.07, 6.45) is 0. The topological polar surface area (TPSA) is 12.4 Å². The molecule has 0 unspecified atom stereocenters. The summed E-state index contributed by atoms with van der Waals surface area (Å²) in [5.74, 6) is 0. The smallest absolute Gasteiger partial charge is 0.189 e. The molecule has 2 heteroatoms. The van der Waals surface area contributed by atoms with Gasteiger partial charge in [-0.2, -0.15) is 0 Å². The third-order valence-corrected chi connectivity index (χ3v) is 0.949. The fourth-order valence-electron chi connectivity index (χ4n) is 0. The second kappa shape index (κ2) is 2.14. The highest BCUT2D eigenvalue weighted by atomic mass is 28.3. The summed E-state index contributed by atoms with van der Waals surface area (Å²) in [4.78, 5) is 0. The zero-order valence-corrected chi connectivity index (χ0v) is 4.65. The Morgan fingerprint density at radius 1 is 1.60 bits per heavy atom. The minimum atomic E-state index is -0.360. The highest BCUT2D eigenvalue weighted by molar-refractivity contribution is 6.54. The van der Waals surface area contributed by atoms with Crippen LogP contribution in [0.25, 0.3) is 0 Å². The lowest BCUT2D eigenvalue weighted by Crippen LogP contribution is -1.89. The first-order valence-corrected chi connectivity index (χ1v) is 3.99.